The Hall–Kier alpha value is -3.65. The van der Waals surface area contributed by atoms with E-state index in [-0.39, 0.29) is 24.0 Å². The van der Waals surface area contributed by atoms with Crippen molar-refractivity contribution in [1.82, 2.24) is 0 Å². The summed E-state index contributed by atoms with van der Waals surface area (Å²) in [6.07, 6.45) is 0. The van der Waals surface area contributed by atoms with Gasteiger partial charge in [-0.15, -0.1) is 11.3 Å². The number of amides is 2. The summed E-state index contributed by atoms with van der Waals surface area (Å²) in [5.74, 6) is -0.214. The molecule has 7 nitrogen and oxygen atoms in total. The molecule has 0 saturated carbocycles. The van der Waals surface area contributed by atoms with Crippen molar-refractivity contribution in [2.45, 2.75) is 0 Å². The molecule has 28 heavy (non-hydrogen) atoms. The standard InChI is InChI=1S/C20H14N2O5S/c23-18-11-26-16-8-3-12(10-15(16)22-18)20(25)27-14-6-4-13(5-7-14)21-19(24)17-2-1-9-28-17/h1-10H,11H2,(H,21,24)(H,22,23). The van der Waals surface area contributed by atoms with Crippen molar-refractivity contribution in [1.29, 1.82) is 0 Å². The van der Waals surface area contributed by atoms with Crippen molar-refractivity contribution in [2.24, 2.45) is 0 Å². The number of hydrogen-bond acceptors (Lipinski definition) is 6. The molecule has 1 aliphatic heterocycles. The minimum atomic E-state index is -0.571. The van der Waals surface area contributed by atoms with Gasteiger partial charge in [-0.2, -0.15) is 0 Å². The van der Waals surface area contributed by atoms with Crippen LogP contribution in [-0.2, 0) is 4.79 Å². The fraction of sp³-hybridized carbons (Fsp3) is 0.0500. The molecule has 2 heterocycles. The van der Waals surface area contributed by atoms with Gasteiger partial charge < -0.3 is 20.1 Å². The van der Waals surface area contributed by atoms with Gasteiger partial charge in [-0.05, 0) is 53.9 Å². The van der Waals surface area contributed by atoms with Crippen LogP contribution in [0.4, 0.5) is 11.4 Å². The van der Waals surface area contributed by atoms with Crippen molar-refractivity contribution in [3.05, 3.63) is 70.4 Å². The van der Waals surface area contributed by atoms with Crippen LogP contribution in [0.25, 0.3) is 0 Å². The molecular weight excluding hydrogens is 380 g/mol. The number of anilines is 2. The van der Waals surface area contributed by atoms with Gasteiger partial charge in [0.05, 0.1) is 16.1 Å². The van der Waals surface area contributed by atoms with Crippen LogP contribution in [-0.4, -0.2) is 24.4 Å². The van der Waals surface area contributed by atoms with Gasteiger partial charge in [-0.25, -0.2) is 4.79 Å². The molecule has 0 aliphatic carbocycles. The summed E-state index contributed by atoms with van der Waals surface area (Å²) in [4.78, 5) is 36.4. The fourth-order valence-corrected chi connectivity index (χ4v) is 3.20. The smallest absolute Gasteiger partial charge is 0.343 e. The number of carbonyl (C=O) groups excluding carboxylic acids is 3. The number of fused-ring (bicyclic) bond motifs is 1. The zero-order valence-electron chi connectivity index (χ0n) is 14.4. The number of benzene rings is 2. The second-order valence-electron chi connectivity index (χ2n) is 5.89. The third kappa shape index (κ3) is 3.86. The molecule has 0 fully saturated rings. The number of nitrogens with one attached hydrogen (secondary N) is 2. The van der Waals surface area contributed by atoms with Crippen molar-refractivity contribution in [3.8, 4) is 11.5 Å². The first-order chi connectivity index (χ1) is 13.6. The van der Waals surface area contributed by atoms with E-state index in [4.69, 9.17) is 9.47 Å². The van der Waals surface area contributed by atoms with Gasteiger partial charge in [0, 0.05) is 5.69 Å². The predicted octanol–water partition coefficient (Wildman–Crippen LogP) is 3.55. The van der Waals surface area contributed by atoms with E-state index in [1.54, 1.807) is 48.5 Å². The van der Waals surface area contributed by atoms with Crippen molar-refractivity contribution >= 4 is 40.5 Å². The second kappa shape index (κ2) is 7.53. The Morgan fingerprint density at radius 2 is 1.93 bits per heavy atom. The number of thiophene rings is 1. The molecule has 8 heteroatoms. The molecule has 0 unspecified atom stereocenters. The molecule has 1 aliphatic rings. The van der Waals surface area contributed by atoms with E-state index >= 15 is 0 Å². The van der Waals surface area contributed by atoms with Gasteiger partial charge in [-0.3, -0.25) is 9.59 Å². The van der Waals surface area contributed by atoms with Crippen LogP contribution >= 0.6 is 11.3 Å². The highest BCUT2D eigenvalue weighted by molar-refractivity contribution is 7.12. The number of ether oxygens (including phenoxy) is 2. The van der Waals surface area contributed by atoms with Gasteiger partial charge in [0.1, 0.15) is 11.5 Å². The highest BCUT2D eigenvalue weighted by atomic mass is 32.1. The molecule has 4 rings (SSSR count). The molecule has 2 amide bonds. The van der Waals surface area contributed by atoms with Crippen molar-refractivity contribution in [3.63, 3.8) is 0 Å². The second-order valence-corrected chi connectivity index (χ2v) is 6.84. The summed E-state index contributed by atoms with van der Waals surface area (Å²) < 4.78 is 10.6. The monoisotopic (exact) mass is 394 g/mol. The van der Waals surface area contributed by atoms with Crippen molar-refractivity contribution in [2.75, 3.05) is 17.2 Å². The fourth-order valence-electron chi connectivity index (χ4n) is 2.58. The Morgan fingerprint density at radius 1 is 1.11 bits per heavy atom. The Kier molecular flexibility index (Phi) is 4.77. The van der Waals surface area contributed by atoms with Gasteiger partial charge in [-0.1, -0.05) is 6.07 Å². The van der Waals surface area contributed by atoms with Crippen LogP contribution in [0.1, 0.15) is 20.0 Å². The van der Waals surface area contributed by atoms with Crippen LogP contribution in [0.5, 0.6) is 11.5 Å². The third-order valence-electron chi connectivity index (χ3n) is 3.92. The molecule has 0 radical (unpaired) electrons. The third-order valence-corrected chi connectivity index (χ3v) is 4.78. The summed E-state index contributed by atoms with van der Waals surface area (Å²) in [5, 5.41) is 7.25. The Labute approximate surface area is 163 Å². The van der Waals surface area contributed by atoms with E-state index in [1.165, 1.54) is 17.4 Å². The quantitative estimate of drug-likeness (QED) is 0.521. The summed E-state index contributed by atoms with van der Waals surface area (Å²) in [6, 6.07) is 14.7. The average Bonchev–Trinajstić information content (AvgIpc) is 3.24. The Bertz CT molecular complexity index is 1040. The predicted molar refractivity (Wildman–Crippen MR) is 104 cm³/mol. The van der Waals surface area contributed by atoms with Gasteiger partial charge in [0.15, 0.2) is 6.61 Å². The van der Waals surface area contributed by atoms with E-state index < -0.39 is 5.97 Å². The highest BCUT2D eigenvalue weighted by Crippen LogP contribution is 2.29. The van der Waals surface area contributed by atoms with E-state index in [1.807, 2.05) is 5.38 Å². The SMILES string of the molecule is O=C1COc2ccc(C(=O)Oc3ccc(NC(=O)c4cccs4)cc3)cc2N1. The van der Waals surface area contributed by atoms with Crippen molar-refractivity contribution < 1.29 is 23.9 Å². The summed E-state index contributed by atoms with van der Waals surface area (Å²) >= 11 is 1.35. The lowest BCUT2D eigenvalue weighted by atomic mass is 10.1. The number of esters is 1. The van der Waals surface area contributed by atoms with E-state index in [2.05, 4.69) is 10.6 Å². The summed E-state index contributed by atoms with van der Waals surface area (Å²) in [7, 11) is 0. The van der Waals surface area contributed by atoms with Crippen LogP contribution in [0.3, 0.4) is 0 Å². The summed E-state index contributed by atoms with van der Waals surface area (Å²) in [6.45, 7) is -0.0494. The van der Waals surface area contributed by atoms with Crippen LogP contribution in [0, 0.1) is 0 Å². The van der Waals surface area contributed by atoms with Gasteiger partial charge >= 0.3 is 5.97 Å². The maximum atomic E-state index is 12.4. The molecule has 0 atom stereocenters. The number of hydrogen-bond donors (Lipinski definition) is 2. The molecule has 0 saturated heterocycles. The topological polar surface area (TPSA) is 93.7 Å². The van der Waals surface area contributed by atoms with Gasteiger partial charge in [0.2, 0.25) is 0 Å². The molecular formula is C20H14N2O5S. The molecule has 1 aromatic heterocycles. The Morgan fingerprint density at radius 3 is 2.68 bits per heavy atom. The first-order valence-electron chi connectivity index (χ1n) is 8.32. The first kappa shape index (κ1) is 17.7. The normalized spacial score (nSPS) is 12.4. The minimum Gasteiger partial charge on any atom is -0.482 e. The zero-order valence-corrected chi connectivity index (χ0v) is 15.2. The molecule has 2 aromatic carbocycles. The maximum absolute atomic E-state index is 12.4. The van der Waals surface area contributed by atoms with Crippen LogP contribution in [0.2, 0.25) is 0 Å². The highest BCUT2D eigenvalue weighted by Gasteiger charge is 2.18. The molecule has 2 N–H and O–H groups in total. The minimum absolute atomic E-state index is 0.0494. The first-order valence-corrected chi connectivity index (χ1v) is 9.20. The Balaban J connectivity index is 1.41. The summed E-state index contributed by atoms with van der Waals surface area (Å²) in [5.41, 5.74) is 1.30. The molecule has 140 valence electrons. The molecule has 3 aromatic rings. The number of carbonyl (C=O) groups is 3. The lowest BCUT2D eigenvalue weighted by molar-refractivity contribution is -0.118. The molecule has 0 bridgehead atoms. The largest absolute Gasteiger partial charge is 0.482 e. The van der Waals surface area contributed by atoms with Crippen LogP contribution in [0.15, 0.2) is 60.0 Å². The average molecular weight is 394 g/mol. The van der Waals surface area contributed by atoms with E-state index in [0.29, 0.717) is 27.8 Å². The van der Waals surface area contributed by atoms with Crippen LogP contribution < -0.4 is 20.1 Å². The van der Waals surface area contributed by atoms with Gasteiger partial charge in [0.25, 0.3) is 11.8 Å². The molecule has 0 spiro atoms. The lowest BCUT2D eigenvalue weighted by Crippen LogP contribution is -2.25. The maximum Gasteiger partial charge on any atom is 0.343 e. The number of rotatable bonds is 4. The van der Waals surface area contributed by atoms with E-state index in [0.717, 1.165) is 0 Å². The zero-order chi connectivity index (χ0) is 19.5. The lowest BCUT2D eigenvalue weighted by Gasteiger charge is -2.18. The van der Waals surface area contributed by atoms with E-state index in [9.17, 15) is 14.4 Å².